The normalized spacial score (nSPS) is 13.2. The highest BCUT2D eigenvalue weighted by Gasteiger charge is 2.23. The van der Waals surface area contributed by atoms with Crippen molar-refractivity contribution in [2.75, 3.05) is 24.5 Å². The minimum Gasteiger partial charge on any atom is -0.452 e. The first-order valence-corrected chi connectivity index (χ1v) is 12.4. The van der Waals surface area contributed by atoms with E-state index < -0.39 is 16.0 Å². The molecule has 176 valence electrons. The molecule has 34 heavy (non-hydrogen) atoms. The van der Waals surface area contributed by atoms with Gasteiger partial charge >= 0.3 is 5.97 Å². The van der Waals surface area contributed by atoms with Crippen LogP contribution < -0.4 is 4.31 Å². The number of esters is 1. The summed E-state index contributed by atoms with van der Waals surface area (Å²) in [5.41, 5.74) is 3.95. The second-order valence-electron chi connectivity index (χ2n) is 8.24. The quantitative estimate of drug-likeness (QED) is 0.506. The van der Waals surface area contributed by atoms with Crippen molar-refractivity contribution in [3.63, 3.8) is 0 Å². The van der Waals surface area contributed by atoms with Crippen molar-refractivity contribution >= 4 is 27.6 Å². The molecule has 1 heterocycles. The van der Waals surface area contributed by atoms with Crippen LogP contribution in [0.2, 0.25) is 0 Å². The van der Waals surface area contributed by atoms with Crippen LogP contribution in [-0.4, -0.2) is 45.4 Å². The van der Waals surface area contributed by atoms with Crippen molar-refractivity contribution in [1.82, 2.24) is 4.90 Å². The van der Waals surface area contributed by atoms with Gasteiger partial charge in [-0.2, -0.15) is 0 Å². The molecule has 0 aromatic heterocycles. The summed E-state index contributed by atoms with van der Waals surface area (Å²) in [5, 5.41) is 0. The molecule has 0 bridgehead atoms. The van der Waals surface area contributed by atoms with E-state index in [9.17, 15) is 18.0 Å². The van der Waals surface area contributed by atoms with Gasteiger partial charge < -0.3 is 9.64 Å². The predicted octanol–water partition coefficient (Wildman–Crippen LogP) is 3.56. The fourth-order valence-corrected chi connectivity index (χ4v) is 5.02. The third kappa shape index (κ3) is 4.97. The Labute approximate surface area is 199 Å². The molecule has 0 radical (unpaired) electrons. The van der Waals surface area contributed by atoms with Crippen LogP contribution in [0.4, 0.5) is 5.69 Å². The van der Waals surface area contributed by atoms with Crippen LogP contribution in [0.3, 0.4) is 0 Å². The number of fused-ring (bicyclic) bond motifs is 1. The van der Waals surface area contributed by atoms with Gasteiger partial charge in [0.15, 0.2) is 6.61 Å². The van der Waals surface area contributed by atoms with Gasteiger partial charge in [0, 0.05) is 20.1 Å². The number of hydrogen-bond acceptors (Lipinski definition) is 5. The highest BCUT2D eigenvalue weighted by molar-refractivity contribution is 7.92. The zero-order chi connectivity index (χ0) is 24.3. The molecule has 3 aromatic carbocycles. The highest BCUT2D eigenvalue weighted by Crippen LogP contribution is 2.23. The first-order chi connectivity index (χ1) is 16.3. The zero-order valence-corrected chi connectivity index (χ0v) is 19.9. The molecule has 0 saturated carbocycles. The van der Waals surface area contributed by atoms with Gasteiger partial charge in [-0.15, -0.1) is 0 Å². The van der Waals surface area contributed by atoms with Gasteiger partial charge in [-0.1, -0.05) is 42.0 Å². The van der Waals surface area contributed by atoms with Crippen LogP contribution in [0.1, 0.15) is 27.0 Å². The molecule has 0 atom stereocenters. The Bertz CT molecular complexity index is 1300. The van der Waals surface area contributed by atoms with Crippen molar-refractivity contribution < 1.29 is 22.7 Å². The van der Waals surface area contributed by atoms with Gasteiger partial charge in [0.2, 0.25) is 0 Å². The minimum atomic E-state index is -3.73. The van der Waals surface area contributed by atoms with E-state index in [1.165, 1.54) is 36.9 Å². The maximum Gasteiger partial charge on any atom is 0.338 e. The minimum absolute atomic E-state index is 0.183. The molecule has 4 rings (SSSR count). The molecule has 0 spiro atoms. The van der Waals surface area contributed by atoms with Crippen molar-refractivity contribution in [3.8, 4) is 0 Å². The van der Waals surface area contributed by atoms with E-state index >= 15 is 0 Å². The lowest BCUT2D eigenvalue weighted by Gasteiger charge is -2.28. The number of ether oxygens (including phenoxy) is 1. The average molecular weight is 479 g/mol. The SMILES string of the molecule is Cc1ccc(S(=O)(=O)N(C)c2ccc(C(=O)OCC(=O)N3CCc4ccccc4C3)cc2)cc1. The summed E-state index contributed by atoms with van der Waals surface area (Å²) in [6, 6.07) is 20.6. The molecule has 0 N–H and O–H groups in total. The Morgan fingerprint density at radius 3 is 2.26 bits per heavy atom. The van der Waals surface area contributed by atoms with Crippen LogP contribution in [0.5, 0.6) is 0 Å². The van der Waals surface area contributed by atoms with E-state index in [1.807, 2.05) is 25.1 Å². The summed E-state index contributed by atoms with van der Waals surface area (Å²) in [7, 11) is -2.27. The Hall–Kier alpha value is -3.65. The number of benzene rings is 3. The number of anilines is 1. The topological polar surface area (TPSA) is 84.0 Å². The second kappa shape index (κ2) is 9.69. The molecule has 0 fully saturated rings. The molecular formula is C26H26N2O5S. The maximum atomic E-state index is 12.9. The molecule has 1 aliphatic heterocycles. The highest BCUT2D eigenvalue weighted by atomic mass is 32.2. The Morgan fingerprint density at radius 2 is 1.59 bits per heavy atom. The van der Waals surface area contributed by atoms with E-state index in [0.717, 1.165) is 21.9 Å². The molecule has 3 aromatic rings. The standard InChI is InChI=1S/C26H26N2O5S/c1-19-7-13-24(14-8-19)34(31,32)27(2)23-11-9-21(10-12-23)26(30)33-18-25(29)28-16-15-20-5-3-4-6-22(20)17-28/h3-14H,15-18H2,1-2H3. The van der Waals surface area contributed by atoms with E-state index in [0.29, 0.717) is 18.8 Å². The lowest BCUT2D eigenvalue weighted by Crippen LogP contribution is -2.38. The summed E-state index contributed by atoms with van der Waals surface area (Å²) in [5.74, 6) is -0.884. The number of carbonyl (C=O) groups is 2. The maximum absolute atomic E-state index is 12.9. The molecule has 8 heteroatoms. The van der Waals surface area contributed by atoms with Gasteiger partial charge in [-0.3, -0.25) is 9.10 Å². The number of rotatable bonds is 6. The van der Waals surface area contributed by atoms with E-state index in [4.69, 9.17) is 4.74 Å². The average Bonchev–Trinajstić information content (AvgIpc) is 2.86. The Kier molecular flexibility index (Phi) is 6.70. The summed E-state index contributed by atoms with van der Waals surface area (Å²) in [6.45, 7) is 2.63. The molecule has 0 saturated heterocycles. The van der Waals surface area contributed by atoms with Gasteiger partial charge in [-0.05, 0) is 60.9 Å². The largest absolute Gasteiger partial charge is 0.452 e. The summed E-state index contributed by atoms with van der Waals surface area (Å²) >= 11 is 0. The van der Waals surface area contributed by atoms with Crippen LogP contribution in [-0.2, 0) is 32.5 Å². The van der Waals surface area contributed by atoms with E-state index in [1.54, 1.807) is 29.2 Å². The van der Waals surface area contributed by atoms with Crippen molar-refractivity contribution in [1.29, 1.82) is 0 Å². The Balaban J connectivity index is 1.36. The lowest BCUT2D eigenvalue weighted by atomic mass is 10.00. The van der Waals surface area contributed by atoms with Gasteiger partial charge in [0.05, 0.1) is 16.1 Å². The smallest absolute Gasteiger partial charge is 0.338 e. The van der Waals surface area contributed by atoms with Crippen molar-refractivity contribution in [3.05, 3.63) is 95.1 Å². The van der Waals surface area contributed by atoms with Gasteiger partial charge in [0.1, 0.15) is 0 Å². The van der Waals surface area contributed by atoms with Gasteiger partial charge in [-0.25, -0.2) is 13.2 Å². The predicted molar refractivity (Wildman–Crippen MR) is 129 cm³/mol. The number of carbonyl (C=O) groups excluding carboxylic acids is 2. The fraction of sp³-hybridized carbons (Fsp3) is 0.231. The molecule has 0 aliphatic carbocycles. The number of nitrogens with zero attached hydrogens (tertiary/aromatic N) is 2. The number of amides is 1. The first-order valence-electron chi connectivity index (χ1n) is 10.9. The number of aryl methyl sites for hydroxylation is 1. The van der Waals surface area contributed by atoms with Crippen molar-refractivity contribution in [2.45, 2.75) is 24.8 Å². The van der Waals surface area contributed by atoms with Crippen LogP contribution in [0.15, 0.2) is 77.7 Å². The van der Waals surface area contributed by atoms with Crippen LogP contribution >= 0.6 is 0 Å². The third-order valence-electron chi connectivity index (χ3n) is 5.96. The summed E-state index contributed by atoms with van der Waals surface area (Å²) < 4.78 is 32.1. The fourth-order valence-electron chi connectivity index (χ4n) is 3.83. The second-order valence-corrected chi connectivity index (χ2v) is 10.2. The van der Waals surface area contributed by atoms with Gasteiger partial charge in [0.25, 0.3) is 15.9 Å². The molecule has 1 aliphatic rings. The Morgan fingerprint density at radius 1 is 0.941 bits per heavy atom. The molecule has 7 nitrogen and oxygen atoms in total. The molecule has 0 unspecified atom stereocenters. The van der Waals surface area contributed by atoms with E-state index in [-0.39, 0.29) is 23.0 Å². The van der Waals surface area contributed by atoms with Crippen LogP contribution in [0, 0.1) is 6.92 Å². The number of hydrogen-bond donors (Lipinski definition) is 0. The van der Waals surface area contributed by atoms with E-state index in [2.05, 4.69) is 6.07 Å². The molecule has 1 amide bonds. The first kappa shape index (κ1) is 23.5. The summed E-state index contributed by atoms with van der Waals surface area (Å²) in [6.07, 6.45) is 0.774. The monoisotopic (exact) mass is 478 g/mol. The zero-order valence-electron chi connectivity index (χ0n) is 19.1. The molecular weight excluding hydrogens is 452 g/mol. The number of sulfonamides is 1. The van der Waals surface area contributed by atoms with Crippen LogP contribution in [0.25, 0.3) is 0 Å². The third-order valence-corrected chi connectivity index (χ3v) is 7.76. The van der Waals surface area contributed by atoms with Crippen molar-refractivity contribution in [2.24, 2.45) is 0 Å². The lowest BCUT2D eigenvalue weighted by molar-refractivity contribution is -0.135. The summed E-state index contributed by atoms with van der Waals surface area (Å²) in [4.78, 5) is 26.8.